The van der Waals surface area contributed by atoms with Crippen molar-refractivity contribution in [2.24, 2.45) is 0 Å². The molecule has 0 radical (unpaired) electrons. The third-order valence-electron chi connectivity index (χ3n) is 5.12. The summed E-state index contributed by atoms with van der Waals surface area (Å²) in [7, 11) is -1.33. The number of halogens is 1. The first-order valence-corrected chi connectivity index (χ1v) is 12.3. The molecule has 35 heavy (non-hydrogen) atoms. The van der Waals surface area contributed by atoms with Crippen molar-refractivity contribution in [2.45, 2.75) is 31.0 Å². The summed E-state index contributed by atoms with van der Waals surface area (Å²) in [5.74, 6) is -0.259. The van der Waals surface area contributed by atoms with Gasteiger partial charge in [-0.25, -0.2) is 14.1 Å². The lowest BCUT2D eigenvalue weighted by Gasteiger charge is -2.18. The summed E-state index contributed by atoms with van der Waals surface area (Å²) in [6.45, 7) is 3.73. The second-order valence-corrected chi connectivity index (χ2v) is 9.98. The number of hydrogen-bond donors (Lipinski definition) is 3. The zero-order valence-corrected chi connectivity index (χ0v) is 20.3. The number of hydrogen-bond acceptors (Lipinski definition) is 7. The Morgan fingerprint density at radius 1 is 1.17 bits per heavy atom. The van der Waals surface area contributed by atoms with Crippen LogP contribution in [0, 0.1) is 5.82 Å². The fourth-order valence-corrected chi connectivity index (χ4v) is 3.94. The van der Waals surface area contributed by atoms with E-state index in [0.717, 1.165) is 0 Å². The number of aromatic nitrogens is 4. The van der Waals surface area contributed by atoms with E-state index in [4.69, 9.17) is 0 Å². The van der Waals surface area contributed by atoms with Crippen LogP contribution in [0.4, 0.5) is 10.2 Å². The summed E-state index contributed by atoms with van der Waals surface area (Å²) in [5.41, 5.74) is 1.32. The first-order chi connectivity index (χ1) is 16.6. The van der Waals surface area contributed by atoms with Crippen molar-refractivity contribution < 1.29 is 18.5 Å². The van der Waals surface area contributed by atoms with Gasteiger partial charge < -0.3 is 15.7 Å². The number of anilines is 1. The lowest BCUT2D eigenvalue weighted by molar-refractivity contribution is 0.0941. The maximum atomic E-state index is 13.3. The molecule has 0 aliphatic rings. The number of fused-ring (bicyclic) bond motifs is 1. The molecule has 1 amide bonds. The zero-order valence-electron chi connectivity index (χ0n) is 19.4. The Labute approximate surface area is 203 Å². The number of amides is 1. The van der Waals surface area contributed by atoms with Gasteiger partial charge in [-0.15, -0.1) is 0 Å². The molecule has 182 valence electrons. The number of carbonyl (C=O) groups is 1. The van der Waals surface area contributed by atoms with Crippen molar-refractivity contribution in [1.29, 1.82) is 0 Å². The van der Waals surface area contributed by atoms with E-state index in [2.05, 4.69) is 25.7 Å². The van der Waals surface area contributed by atoms with Gasteiger partial charge in [-0.05, 0) is 55.8 Å². The fourth-order valence-electron chi connectivity index (χ4n) is 3.39. The summed E-state index contributed by atoms with van der Waals surface area (Å²) in [6, 6.07) is 9.26. The van der Waals surface area contributed by atoms with Gasteiger partial charge in [0.1, 0.15) is 16.7 Å². The van der Waals surface area contributed by atoms with E-state index in [1.165, 1.54) is 24.6 Å². The Balaban J connectivity index is 1.55. The average molecular weight is 497 g/mol. The monoisotopic (exact) mass is 496 g/mol. The Morgan fingerprint density at radius 2 is 1.91 bits per heavy atom. The summed E-state index contributed by atoms with van der Waals surface area (Å²) in [6.07, 6.45) is 6.15. The summed E-state index contributed by atoms with van der Waals surface area (Å²) < 4.78 is 26.9. The molecular formula is C24H25FN6O3S. The Kier molecular flexibility index (Phi) is 6.90. The number of nitrogens with zero attached hydrogens (tertiary/aromatic N) is 4. The average Bonchev–Trinajstić information content (AvgIpc) is 3.25. The highest BCUT2D eigenvalue weighted by atomic mass is 32.2. The first kappa shape index (κ1) is 24.4. The normalized spacial score (nSPS) is 12.5. The van der Waals surface area contributed by atoms with Crippen molar-refractivity contribution >= 4 is 33.4 Å². The smallest absolute Gasteiger partial charge is 0.253 e. The Hall–Kier alpha value is -3.70. The van der Waals surface area contributed by atoms with E-state index in [1.807, 2.05) is 0 Å². The molecular weight excluding hydrogens is 471 g/mol. The molecule has 0 aliphatic heterocycles. The highest BCUT2D eigenvalue weighted by Crippen LogP contribution is 2.21. The van der Waals surface area contributed by atoms with Gasteiger partial charge in [-0.3, -0.25) is 14.0 Å². The van der Waals surface area contributed by atoms with Gasteiger partial charge in [0.25, 0.3) is 5.91 Å². The van der Waals surface area contributed by atoms with Gasteiger partial charge in [0, 0.05) is 30.9 Å². The zero-order chi connectivity index (χ0) is 25.2. The van der Waals surface area contributed by atoms with Gasteiger partial charge >= 0.3 is 0 Å². The van der Waals surface area contributed by atoms with Crippen molar-refractivity contribution in [3.05, 3.63) is 71.9 Å². The molecule has 0 saturated carbocycles. The van der Waals surface area contributed by atoms with Gasteiger partial charge in [0.2, 0.25) is 0 Å². The highest BCUT2D eigenvalue weighted by molar-refractivity contribution is 7.84. The molecule has 0 bridgehead atoms. The molecule has 0 aliphatic carbocycles. The van der Waals surface area contributed by atoms with Crippen LogP contribution in [-0.2, 0) is 17.3 Å². The largest absolute Gasteiger partial charge is 0.389 e. The van der Waals surface area contributed by atoms with Crippen LogP contribution < -0.4 is 10.6 Å². The lowest BCUT2D eigenvalue weighted by Crippen LogP contribution is -2.29. The van der Waals surface area contributed by atoms with E-state index in [-0.39, 0.29) is 24.8 Å². The molecule has 1 atom stereocenters. The van der Waals surface area contributed by atoms with Crippen LogP contribution in [0.25, 0.3) is 16.6 Å². The quantitative estimate of drug-likeness (QED) is 0.343. The molecule has 9 nitrogen and oxygen atoms in total. The standard InChI is InChI=1S/C24H25FN6O3S/c1-24(2,33)14-28-21-8-15(9-22(30-21)35(3)34)10-27-23(32)19-11-26-13-20-18(19)12-29-31(20)17-6-4-16(25)5-7-17/h4-9,11-13,33H,10,14H2,1-3H3,(H,27,32)(H,28,30). The molecule has 1 aromatic carbocycles. The molecule has 4 aromatic rings. The molecule has 3 N–H and O–H groups in total. The van der Waals surface area contributed by atoms with Crippen LogP contribution in [0.15, 0.2) is 60.0 Å². The van der Waals surface area contributed by atoms with Crippen molar-refractivity contribution in [1.82, 2.24) is 25.1 Å². The third-order valence-corrected chi connectivity index (χ3v) is 5.92. The van der Waals surface area contributed by atoms with Crippen LogP contribution in [0.1, 0.15) is 29.8 Å². The van der Waals surface area contributed by atoms with E-state index in [0.29, 0.717) is 38.6 Å². The van der Waals surface area contributed by atoms with Crippen LogP contribution in [-0.4, -0.2) is 53.4 Å². The number of pyridine rings is 2. The maximum Gasteiger partial charge on any atom is 0.253 e. The minimum absolute atomic E-state index is 0.158. The van der Waals surface area contributed by atoms with E-state index in [9.17, 15) is 18.5 Å². The second kappa shape index (κ2) is 9.88. The van der Waals surface area contributed by atoms with E-state index in [1.54, 1.807) is 55.2 Å². The van der Waals surface area contributed by atoms with Crippen LogP contribution in [0.2, 0.25) is 0 Å². The van der Waals surface area contributed by atoms with Crippen molar-refractivity contribution in [3.8, 4) is 5.69 Å². The van der Waals surface area contributed by atoms with Crippen LogP contribution >= 0.6 is 0 Å². The van der Waals surface area contributed by atoms with Gasteiger partial charge in [-0.1, -0.05) is 0 Å². The summed E-state index contributed by atoms with van der Waals surface area (Å²) >= 11 is 0. The maximum absolute atomic E-state index is 13.3. The molecule has 0 spiro atoms. The molecule has 1 unspecified atom stereocenters. The topological polar surface area (TPSA) is 122 Å². The van der Waals surface area contributed by atoms with Crippen LogP contribution in [0.5, 0.6) is 0 Å². The SMILES string of the molecule is CS(=O)c1cc(CNC(=O)c2cncc3c2cnn3-c2ccc(F)cc2)cc(NCC(C)(C)O)n1. The summed E-state index contributed by atoms with van der Waals surface area (Å²) in [4.78, 5) is 21.5. The molecule has 0 fully saturated rings. The molecule has 11 heteroatoms. The Bertz CT molecular complexity index is 1400. The van der Waals surface area contributed by atoms with Gasteiger partial charge in [0.05, 0.1) is 45.6 Å². The van der Waals surface area contributed by atoms with Crippen molar-refractivity contribution in [2.75, 3.05) is 18.1 Å². The molecule has 0 saturated heterocycles. The predicted octanol–water partition coefficient (Wildman–Crippen LogP) is 2.80. The fraction of sp³-hybridized carbons (Fsp3) is 0.250. The summed E-state index contributed by atoms with van der Waals surface area (Å²) in [5, 5.41) is 21.2. The lowest BCUT2D eigenvalue weighted by atomic mass is 10.1. The first-order valence-electron chi connectivity index (χ1n) is 10.8. The van der Waals surface area contributed by atoms with Gasteiger partial charge in [0.15, 0.2) is 0 Å². The molecule has 3 aromatic heterocycles. The second-order valence-electron chi connectivity index (χ2n) is 8.65. The number of aliphatic hydroxyl groups is 1. The number of nitrogens with one attached hydrogen (secondary N) is 2. The van der Waals surface area contributed by atoms with E-state index < -0.39 is 16.4 Å². The third kappa shape index (κ3) is 5.87. The minimum atomic E-state index is -1.33. The molecule has 4 rings (SSSR count). The highest BCUT2D eigenvalue weighted by Gasteiger charge is 2.16. The van der Waals surface area contributed by atoms with Crippen LogP contribution in [0.3, 0.4) is 0 Å². The number of carbonyl (C=O) groups excluding carboxylic acids is 1. The minimum Gasteiger partial charge on any atom is -0.389 e. The Morgan fingerprint density at radius 3 is 2.60 bits per heavy atom. The number of benzene rings is 1. The van der Waals surface area contributed by atoms with E-state index >= 15 is 0 Å². The number of rotatable bonds is 8. The predicted molar refractivity (Wildman–Crippen MR) is 131 cm³/mol. The molecule has 3 heterocycles. The van der Waals surface area contributed by atoms with Gasteiger partial charge in [-0.2, -0.15) is 5.10 Å². The van der Waals surface area contributed by atoms with Crippen molar-refractivity contribution in [3.63, 3.8) is 0 Å².